The normalized spacial score (nSPS) is 11.9. The predicted octanol–water partition coefficient (Wildman–Crippen LogP) is 2.79. The molecule has 1 amide bonds. The highest BCUT2D eigenvalue weighted by Crippen LogP contribution is 2.23. The number of aryl methyl sites for hydroxylation is 1. The number of hydrogen-bond acceptors (Lipinski definition) is 3. The van der Waals surface area contributed by atoms with Crippen molar-refractivity contribution in [2.75, 3.05) is 5.32 Å². The fraction of sp³-hybridized carbons (Fsp3) is 0.143. The van der Waals surface area contributed by atoms with Crippen LogP contribution in [-0.2, 0) is 4.79 Å². The molecule has 98 valence electrons. The molecule has 3 N–H and O–H groups in total. The molecule has 1 atom stereocenters. The number of primary amides is 1. The van der Waals surface area contributed by atoms with Gasteiger partial charge in [0.2, 0.25) is 5.91 Å². The number of hydrogen-bond donors (Lipinski definition) is 2. The number of nitrogens with two attached hydrogens (primary N) is 1. The molecule has 5 heteroatoms. The molecule has 1 aromatic carbocycles. The van der Waals surface area contributed by atoms with Gasteiger partial charge in [0.15, 0.2) is 0 Å². The van der Waals surface area contributed by atoms with Crippen molar-refractivity contribution in [1.29, 1.82) is 0 Å². The number of para-hydroxylation sites is 1. The molecular formula is C14H14BrN3O. The fourth-order valence-electron chi connectivity index (χ4n) is 1.80. The summed E-state index contributed by atoms with van der Waals surface area (Å²) >= 11 is 3.34. The number of amides is 1. The molecule has 0 bridgehead atoms. The molecule has 4 nitrogen and oxygen atoms in total. The van der Waals surface area contributed by atoms with E-state index in [1.165, 1.54) is 0 Å². The van der Waals surface area contributed by atoms with Crippen LogP contribution in [0.5, 0.6) is 0 Å². The maximum atomic E-state index is 11.6. The number of aromatic nitrogens is 1. The third-order valence-electron chi connectivity index (χ3n) is 2.79. The summed E-state index contributed by atoms with van der Waals surface area (Å²) in [6, 6.07) is 8.96. The zero-order valence-corrected chi connectivity index (χ0v) is 12.0. The number of pyridine rings is 1. The SMILES string of the molecule is Cc1ccccc1NC(C(N)=O)c1cncc(Br)c1. The number of benzene rings is 1. The lowest BCUT2D eigenvalue weighted by Gasteiger charge is -2.18. The topological polar surface area (TPSA) is 68.0 Å². The van der Waals surface area contributed by atoms with Gasteiger partial charge in [0.05, 0.1) is 0 Å². The van der Waals surface area contributed by atoms with Crippen LogP contribution < -0.4 is 11.1 Å². The number of carbonyl (C=O) groups excluding carboxylic acids is 1. The second-order valence-electron chi connectivity index (χ2n) is 4.23. The van der Waals surface area contributed by atoms with Crippen LogP contribution in [0, 0.1) is 6.92 Å². The molecule has 2 rings (SSSR count). The predicted molar refractivity (Wildman–Crippen MR) is 78.7 cm³/mol. The summed E-state index contributed by atoms with van der Waals surface area (Å²) in [5.74, 6) is -0.442. The average molecular weight is 320 g/mol. The minimum Gasteiger partial charge on any atom is -0.370 e. The van der Waals surface area contributed by atoms with Crippen molar-refractivity contribution in [2.24, 2.45) is 5.73 Å². The highest BCUT2D eigenvalue weighted by atomic mass is 79.9. The van der Waals surface area contributed by atoms with Gasteiger partial charge in [0.1, 0.15) is 6.04 Å². The van der Waals surface area contributed by atoms with Crippen LogP contribution in [0.3, 0.4) is 0 Å². The molecule has 0 fully saturated rings. The Morgan fingerprint density at radius 2 is 2.11 bits per heavy atom. The first kappa shape index (κ1) is 13.5. The molecule has 0 aliphatic rings. The zero-order valence-electron chi connectivity index (χ0n) is 10.4. The highest BCUT2D eigenvalue weighted by molar-refractivity contribution is 9.10. The van der Waals surface area contributed by atoms with E-state index >= 15 is 0 Å². The van der Waals surface area contributed by atoms with E-state index in [1.54, 1.807) is 12.4 Å². The summed E-state index contributed by atoms with van der Waals surface area (Å²) in [6.45, 7) is 1.97. The molecule has 0 aliphatic carbocycles. The molecule has 0 saturated carbocycles. The number of nitrogens with one attached hydrogen (secondary N) is 1. The van der Waals surface area contributed by atoms with E-state index in [0.717, 1.165) is 21.3 Å². The summed E-state index contributed by atoms with van der Waals surface area (Å²) in [7, 11) is 0. The summed E-state index contributed by atoms with van der Waals surface area (Å²) in [5.41, 5.74) is 8.13. The largest absolute Gasteiger partial charge is 0.370 e. The van der Waals surface area contributed by atoms with Gasteiger partial charge in [-0.1, -0.05) is 18.2 Å². The average Bonchev–Trinajstić information content (AvgIpc) is 2.37. The molecule has 1 heterocycles. The van der Waals surface area contributed by atoms with Gasteiger partial charge in [-0.05, 0) is 40.5 Å². The standard InChI is InChI=1S/C14H14BrN3O/c1-9-4-2-3-5-12(9)18-13(14(16)19)10-6-11(15)8-17-7-10/h2-8,13,18H,1H3,(H2,16,19). The highest BCUT2D eigenvalue weighted by Gasteiger charge is 2.18. The second kappa shape index (κ2) is 5.84. The first-order valence-electron chi connectivity index (χ1n) is 5.80. The van der Waals surface area contributed by atoms with E-state index in [0.29, 0.717) is 0 Å². The molecular weight excluding hydrogens is 306 g/mol. The van der Waals surface area contributed by atoms with Crippen LogP contribution in [0.4, 0.5) is 5.69 Å². The van der Waals surface area contributed by atoms with Crippen LogP contribution in [0.2, 0.25) is 0 Å². The van der Waals surface area contributed by atoms with Crippen LogP contribution >= 0.6 is 15.9 Å². The van der Waals surface area contributed by atoms with Crippen molar-refractivity contribution in [1.82, 2.24) is 4.98 Å². The van der Waals surface area contributed by atoms with Gasteiger partial charge in [-0.3, -0.25) is 9.78 Å². The minimum absolute atomic E-state index is 0.442. The maximum Gasteiger partial charge on any atom is 0.244 e. The quantitative estimate of drug-likeness (QED) is 0.910. The van der Waals surface area contributed by atoms with Crippen molar-refractivity contribution in [2.45, 2.75) is 13.0 Å². The Bertz CT molecular complexity index is 601. The Morgan fingerprint density at radius 3 is 2.74 bits per heavy atom. The lowest BCUT2D eigenvalue weighted by atomic mass is 10.1. The number of nitrogens with zero attached hydrogens (tertiary/aromatic N) is 1. The summed E-state index contributed by atoms with van der Waals surface area (Å²) in [4.78, 5) is 15.7. The van der Waals surface area contributed by atoms with Crippen molar-refractivity contribution >= 4 is 27.5 Å². The summed E-state index contributed by atoms with van der Waals surface area (Å²) in [5, 5.41) is 3.15. The number of halogens is 1. The molecule has 0 aliphatic heterocycles. The Labute approximate surface area is 120 Å². The lowest BCUT2D eigenvalue weighted by molar-refractivity contribution is -0.118. The van der Waals surface area contributed by atoms with Gasteiger partial charge >= 0.3 is 0 Å². The van der Waals surface area contributed by atoms with E-state index in [4.69, 9.17) is 5.73 Å². The Morgan fingerprint density at radius 1 is 1.37 bits per heavy atom. The smallest absolute Gasteiger partial charge is 0.244 e. The Balaban J connectivity index is 2.32. The van der Waals surface area contributed by atoms with E-state index < -0.39 is 11.9 Å². The van der Waals surface area contributed by atoms with Gasteiger partial charge in [0.25, 0.3) is 0 Å². The van der Waals surface area contributed by atoms with Gasteiger partial charge in [-0.25, -0.2) is 0 Å². The minimum atomic E-state index is -0.605. The third-order valence-corrected chi connectivity index (χ3v) is 3.22. The van der Waals surface area contributed by atoms with Gasteiger partial charge < -0.3 is 11.1 Å². The maximum absolute atomic E-state index is 11.6. The molecule has 1 unspecified atom stereocenters. The van der Waals surface area contributed by atoms with E-state index in [9.17, 15) is 4.79 Å². The first-order valence-corrected chi connectivity index (χ1v) is 6.59. The molecule has 1 aromatic heterocycles. The third kappa shape index (κ3) is 3.32. The molecule has 0 saturated heterocycles. The number of rotatable bonds is 4. The molecule has 19 heavy (non-hydrogen) atoms. The second-order valence-corrected chi connectivity index (χ2v) is 5.15. The van der Waals surface area contributed by atoms with Gasteiger partial charge in [-0.2, -0.15) is 0 Å². The Hall–Kier alpha value is -1.88. The van der Waals surface area contributed by atoms with Crippen molar-refractivity contribution in [3.63, 3.8) is 0 Å². The van der Waals surface area contributed by atoms with Gasteiger partial charge in [-0.15, -0.1) is 0 Å². The van der Waals surface area contributed by atoms with Crippen LogP contribution in [-0.4, -0.2) is 10.9 Å². The van der Waals surface area contributed by atoms with Crippen molar-refractivity contribution in [3.8, 4) is 0 Å². The first-order chi connectivity index (χ1) is 9.08. The number of anilines is 1. The summed E-state index contributed by atoms with van der Waals surface area (Å²) in [6.07, 6.45) is 3.29. The number of carbonyl (C=O) groups is 1. The van der Waals surface area contributed by atoms with Gasteiger partial charge in [0, 0.05) is 28.1 Å². The van der Waals surface area contributed by atoms with E-state index in [-0.39, 0.29) is 0 Å². The van der Waals surface area contributed by atoms with Crippen molar-refractivity contribution < 1.29 is 4.79 Å². The van der Waals surface area contributed by atoms with Crippen LogP contribution in [0.15, 0.2) is 47.2 Å². The summed E-state index contributed by atoms with van der Waals surface area (Å²) < 4.78 is 0.808. The van der Waals surface area contributed by atoms with E-state index in [1.807, 2.05) is 37.3 Å². The monoisotopic (exact) mass is 319 g/mol. The van der Waals surface area contributed by atoms with Crippen LogP contribution in [0.1, 0.15) is 17.2 Å². The Kier molecular flexibility index (Phi) is 4.16. The molecule has 2 aromatic rings. The molecule has 0 radical (unpaired) electrons. The van der Waals surface area contributed by atoms with Crippen molar-refractivity contribution in [3.05, 3.63) is 58.3 Å². The fourth-order valence-corrected chi connectivity index (χ4v) is 2.18. The molecule has 0 spiro atoms. The van der Waals surface area contributed by atoms with Crippen LogP contribution in [0.25, 0.3) is 0 Å². The lowest BCUT2D eigenvalue weighted by Crippen LogP contribution is -2.28. The van der Waals surface area contributed by atoms with E-state index in [2.05, 4.69) is 26.2 Å². The zero-order chi connectivity index (χ0) is 13.8.